The number of hydrogen-bond donors (Lipinski definition) is 1. The second kappa shape index (κ2) is 56.4. The molecule has 0 bridgehead atoms. The van der Waals surface area contributed by atoms with E-state index in [1.165, 1.54) is 154 Å². The first-order chi connectivity index (χ1) is 32.6. The number of unbranched alkanes of at least 4 members (excludes halogenated alkanes) is 29. The third kappa shape index (κ3) is 53.7. The molecule has 1 N–H and O–H groups in total. The van der Waals surface area contributed by atoms with Gasteiger partial charge in [0.25, 0.3) is 0 Å². The van der Waals surface area contributed by atoms with Crippen molar-refractivity contribution in [1.29, 1.82) is 0 Å². The lowest BCUT2D eigenvalue weighted by Gasteiger charge is -2.15. The Bertz CT molecular complexity index is 1220. The lowest BCUT2D eigenvalue weighted by atomic mass is 10.0. The predicted octanol–water partition coefficient (Wildman–Crippen LogP) is 19.0. The van der Waals surface area contributed by atoms with E-state index in [1.807, 2.05) is 0 Å². The Morgan fingerprint density at radius 2 is 0.652 bits per heavy atom. The van der Waals surface area contributed by atoms with Crippen molar-refractivity contribution in [3.63, 3.8) is 0 Å². The summed E-state index contributed by atoms with van der Waals surface area (Å²) < 4.78 is 10.7. The van der Waals surface area contributed by atoms with Crippen LogP contribution in [0.2, 0.25) is 0 Å². The average molecular weight is 920 g/mol. The van der Waals surface area contributed by atoms with Gasteiger partial charge in [0.15, 0.2) is 6.10 Å². The minimum absolute atomic E-state index is 0.0726. The zero-order valence-electron chi connectivity index (χ0n) is 43.4. The second-order valence-corrected chi connectivity index (χ2v) is 18.6. The van der Waals surface area contributed by atoms with E-state index in [9.17, 15) is 14.7 Å². The lowest BCUT2D eigenvalue weighted by molar-refractivity contribution is -0.161. The Kier molecular flexibility index (Phi) is 53.9. The fourth-order valence-corrected chi connectivity index (χ4v) is 7.97. The number of hydrogen-bond acceptors (Lipinski definition) is 5. The summed E-state index contributed by atoms with van der Waals surface area (Å²) in [6.07, 6.45) is 78.6. The third-order valence-corrected chi connectivity index (χ3v) is 12.2. The molecule has 0 spiro atoms. The number of carbonyl (C=O) groups is 2. The molecule has 5 nitrogen and oxygen atoms in total. The van der Waals surface area contributed by atoms with E-state index in [0.29, 0.717) is 12.8 Å². The Morgan fingerprint density at radius 1 is 0.364 bits per heavy atom. The first kappa shape index (κ1) is 63.1. The normalized spacial score (nSPS) is 12.8. The van der Waals surface area contributed by atoms with E-state index in [-0.39, 0.29) is 25.2 Å². The van der Waals surface area contributed by atoms with Gasteiger partial charge in [0.1, 0.15) is 6.61 Å². The maximum atomic E-state index is 12.3. The van der Waals surface area contributed by atoms with Crippen molar-refractivity contribution in [1.82, 2.24) is 0 Å². The van der Waals surface area contributed by atoms with Crippen molar-refractivity contribution in [2.24, 2.45) is 0 Å². The first-order valence-electron chi connectivity index (χ1n) is 28.1. The highest BCUT2D eigenvalue weighted by Gasteiger charge is 2.16. The van der Waals surface area contributed by atoms with E-state index in [2.05, 4.69) is 98.9 Å². The molecule has 0 amide bonds. The van der Waals surface area contributed by atoms with Gasteiger partial charge < -0.3 is 14.6 Å². The topological polar surface area (TPSA) is 72.8 Å². The second-order valence-electron chi connectivity index (χ2n) is 18.6. The molecular weight excluding hydrogens is 813 g/mol. The molecule has 1 unspecified atom stereocenters. The highest BCUT2D eigenvalue weighted by Crippen LogP contribution is 2.17. The molecule has 0 aliphatic rings. The molecule has 5 heteroatoms. The Labute approximate surface area is 409 Å². The summed E-state index contributed by atoms with van der Waals surface area (Å²) in [6.45, 7) is 3.96. The highest BCUT2D eigenvalue weighted by atomic mass is 16.6. The Hall–Kier alpha value is -2.92. The van der Waals surface area contributed by atoms with Crippen LogP contribution in [-0.2, 0) is 19.1 Å². The molecule has 0 aromatic heterocycles. The molecular formula is C61H106O5. The molecule has 380 valence electrons. The van der Waals surface area contributed by atoms with Crippen LogP contribution in [0.25, 0.3) is 0 Å². The van der Waals surface area contributed by atoms with Crippen LogP contribution in [0, 0.1) is 0 Å². The van der Waals surface area contributed by atoms with Gasteiger partial charge in [-0.2, -0.15) is 0 Å². The molecule has 0 heterocycles. The number of aliphatic hydroxyl groups excluding tert-OH is 1. The van der Waals surface area contributed by atoms with Crippen molar-refractivity contribution in [3.8, 4) is 0 Å². The summed E-state index contributed by atoms with van der Waals surface area (Å²) >= 11 is 0. The van der Waals surface area contributed by atoms with Crippen LogP contribution < -0.4 is 0 Å². The first-order valence-corrected chi connectivity index (χ1v) is 28.1. The van der Waals surface area contributed by atoms with Crippen LogP contribution >= 0.6 is 0 Å². The summed E-state index contributed by atoms with van der Waals surface area (Å²) in [5, 5.41) is 9.61. The van der Waals surface area contributed by atoms with Gasteiger partial charge in [-0.05, 0) is 83.5 Å². The summed E-state index contributed by atoms with van der Waals surface area (Å²) in [7, 11) is 0. The summed E-state index contributed by atoms with van der Waals surface area (Å²) in [6, 6.07) is 0. The van der Waals surface area contributed by atoms with Crippen molar-refractivity contribution in [2.75, 3.05) is 13.2 Å². The zero-order chi connectivity index (χ0) is 47.7. The van der Waals surface area contributed by atoms with Crippen molar-refractivity contribution in [3.05, 3.63) is 85.1 Å². The number of ether oxygens (including phenoxy) is 2. The van der Waals surface area contributed by atoms with Crippen molar-refractivity contribution in [2.45, 2.75) is 277 Å². The number of rotatable bonds is 51. The Morgan fingerprint density at radius 3 is 0.985 bits per heavy atom. The number of allylic oxidation sites excluding steroid dienone is 14. The maximum absolute atomic E-state index is 12.3. The molecule has 0 fully saturated rings. The van der Waals surface area contributed by atoms with Gasteiger partial charge in [-0.15, -0.1) is 0 Å². The van der Waals surface area contributed by atoms with Crippen LogP contribution in [0.1, 0.15) is 271 Å². The van der Waals surface area contributed by atoms with Crippen molar-refractivity contribution >= 4 is 11.9 Å². The zero-order valence-corrected chi connectivity index (χ0v) is 43.4. The van der Waals surface area contributed by atoms with Gasteiger partial charge in [0.2, 0.25) is 0 Å². The SMILES string of the molecule is CC/C=C\C/C=C\C/C=C\C/C=C\C/C=C\CCCCCCCCCCCCCCCCCCCCCCCCCC(=O)OC(CO)COC(=O)CCCCCCC/C=C\C/C=C\CCC. The van der Waals surface area contributed by atoms with Gasteiger partial charge in [0, 0.05) is 12.8 Å². The van der Waals surface area contributed by atoms with E-state index < -0.39 is 6.10 Å². The van der Waals surface area contributed by atoms with Gasteiger partial charge in [-0.3, -0.25) is 9.59 Å². The smallest absolute Gasteiger partial charge is 0.306 e. The third-order valence-electron chi connectivity index (χ3n) is 12.2. The molecule has 0 saturated heterocycles. The standard InChI is InChI=1S/C61H106O5/c1-3-5-7-9-11-13-15-17-18-19-20-21-22-23-24-25-26-27-28-29-30-31-32-33-34-35-36-37-38-39-40-41-42-44-46-48-50-52-54-56-61(64)66-59(57-62)58-65-60(63)55-53-51-49-47-45-43-16-14-12-10-8-6-4-2/h5,7-8,10-11,13-14,16-18,20-21,23-24,59,62H,3-4,6,9,12,15,19,22,25-58H2,1-2H3/b7-5-,10-8-,13-11-,16-14-,18-17-,21-20-,24-23-. The predicted molar refractivity (Wildman–Crippen MR) is 288 cm³/mol. The van der Waals surface area contributed by atoms with Gasteiger partial charge in [0.05, 0.1) is 6.61 Å². The molecule has 66 heavy (non-hydrogen) atoms. The molecule has 0 aromatic carbocycles. The minimum Gasteiger partial charge on any atom is -0.462 e. The van der Waals surface area contributed by atoms with Crippen LogP contribution in [-0.4, -0.2) is 36.4 Å². The quantitative estimate of drug-likeness (QED) is 0.0374. The molecule has 0 aromatic rings. The van der Waals surface area contributed by atoms with E-state index in [0.717, 1.165) is 89.9 Å². The number of carbonyl (C=O) groups excluding carboxylic acids is 2. The summed E-state index contributed by atoms with van der Waals surface area (Å²) in [4.78, 5) is 24.4. The van der Waals surface area contributed by atoms with E-state index >= 15 is 0 Å². The molecule has 0 radical (unpaired) electrons. The largest absolute Gasteiger partial charge is 0.462 e. The number of aliphatic hydroxyl groups is 1. The van der Waals surface area contributed by atoms with Crippen LogP contribution in [0.5, 0.6) is 0 Å². The minimum atomic E-state index is -0.778. The maximum Gasteiger partial charge on any atom is 0.306 e. The average Bonchev–Trinajstić information content (AvgIpc) is 3.32. The lowest BCUT2D eigenvalue weighted by Crippen LogP contribution is -2.28. The van der Waals surface area contributed by atoms with Gasteiger partial charge >= 0.3 is 11.9 Å². The summed E-state index contributed by atoms with van der Waals surface area (Å²) in [5.41, 5.74) is 0. The molecule has 1 atom stereocenters. The number of esters is 2. The fourth-order valence-electron chi connectivity index (χ4n) is 7.97. The molecule has 0 rings (SSSR count). The fraction of sp³-hybridized carbons (Fsp3) is 0.738. The molecule has 0 saturated carbocycles. The summed E-state index contributed by atoms with van der Waals surface area (Å²) in [5.74, 6) is -0.601. The monoisotopic (exact) mass is 919 g/mol. The van der Waals surface area contributed by atoms with Crippen LogP contribution in [0.4, 0.5) is 0 Å². The van der Waals surface area contributed by atoms with Gasteiger partial charge in [-0.1, -0.05) is 259 Å². The molecule has 0 aliphatic carbocycles. The van der Waals surface area contributed by atoms with Crippen LogP contribution in [0.15, 0.2) is 85.1 Å². The molecule has 0 aliphatic heterocycles. The van der Waals surface area contributed by atoms with Crippen molar-refractivity contribution < 1.29 is 24.2 Å². The van der Waals surface area contributed by atoms with E-state index in [1.54, 1.807) is 0 Å². The van der Waals surface area contributed by atoms with E-state index in [4.69, 9.17) is 9.47 Å². The van der Waals surface area contributed by atoms with Crippen LogP contribution in [0.3, 0.4) is 0 Å². The highest BCUT2D eigenvalue weighted by molar-refractivity contribution is 5.70. The van der Waals surface area contributed by atoms with Gasteiger partial charge in [-0.25, -0.2) is 0 Å². The Balaban J connectivity index is 3.41.